The molecule has 8 heteroatoms. The topological polar surface area (TPSA) is 90.8 Å². The van der Waals surface area contributed by atoms with E-state index in [9.17, 15) is 9.59 Å². The number of nitrogens with one attached hydrogen (secondary N) is 2. The van der Waals surface area contributed by atoms with Crippen molar-refractivity contribution in [2.75, 3.05) is 25.6 Å². The summed E-state index contributed by atoms with van der Waals surface area (Å²) in [6, 6.07) is 22.6. The average molecular weight is 486 g/mol. The Morgan fingerprint density at radius 2 is 1.67 bits per heavy atom. The first kappa shape index (κ1) is 23.3. The summed E-state index contributed by atoms with van der Waals surface area (Å²) in [5, 5.41) is 6.98. The second kappa shape index (κ2) is 10.4. The van der Waals surface area contributed by atoms with Gasteiger partial charge in [0.1, 0.15) is 25.5 Å². The molecule has 1 aromatic heterocycles. The van der Waals surface area contributed by atoms with Gasteiger partial charge in [0.15, 0.2) is 11.5 Å². The van der Waals surface area contributed by atoms with Gasteiger partial charge >= 0.3 is 0 Å². The monoisotopic (exact) mass is 485 g/mol. The van der Waals surface area contributed by atoms with Gasteiger partial charge < -0.3 is 24.8 Å². The van der Waals surface area contributed by atoms with Crippen LogP contribution in [0.3, 0.4) is 0 Å². The molecule has 0 unspecified atom stereocenters. The van der Waals surface area contributed by atoms with Gasteiger partial charge in [0.2, 0.25) is 5.91 Å². The fraction of sp³-hybridized carbons (Fsp3) is 0.214. The van der Waals surface area contributed by atoms with Crippen LogP contribution in [0.5, 0.6) is 17.2 Å². The molecule has 8 nitrogen and oxygen atoms in total. The number of pyridine rings is 1. The van der Waals surface area contributed by atoms with Gasteiger partial charge in [0.05, 0.1) is 12.6 Å². The van der Waals surface area contributed by atoms with Crippen LogP contribution in [-0.2, 0) is 24.4 Å². The molecule has 0 aliphatic carbocycles. The van der Waals surface area contributed by atoms with Crippen molar-refractivity contribution >= 4 is 22.5 Å². The number of aromatic nitrogens is 1. The number of nitrogens with zero attached hydrogens (tertiary/aromatic N) is 1. The minimum atomic E-state index is -0.252. The van der Waals surface area contributed by atoms with Crippen molar-refractivity contribution in [3.8, 4) is 17.2 Å². The van der Waals surface area contributed by atoms with Gasteiger partial charge in [-0.3, -0.25) is 14.2 Å². The molecular weight excluding hydrogens is 458 g/mol. The maximum atomic E-state index is 13.5. The van der Waals surface area contributed by atoms with Crippen molar-refractivity contribution in [2.45, 2.75) is 19.6 Å². The second-order valence-electron chi connectivity index (χ2n) is 8.46. The molecule has 2 heterocycles. The lowest BCUT2D eigenvalue weighted by molar-refractivity contribution is -0.121. The van der Waals surface area contributed by atoms with Crippen LogP contribution in [0.4, 0.5) is 5.69 Å². The first-order chi connectivity index (χ1) is 17.6. The third-order valence-electron chi connectivity index (χ3n) is 6.04. The molecule has 36 heavy (non-hydrogen) atoms. The van der Waals surface area contributed by atoms with Crippen molar-refractivity contribution < 1.29 is 19.0 Å². The Bertz CT molecular complexity index is 1430. The van der Waals surface area contributed by atoms with Crippen LogP contribution >= 0.6 is 0 Å². The molecule has 0 atom stereocenters. The Kier molecular flexibility index (Phi) is 6.75. The van der Waals surface area contributed by atoms with Gasteiger partial charge in [-0.05, 0) is 42.0 Å². The summed E-state index contributed by atoms with van der Waals surface area (Å²) in [5.41, 5.74) is 2.75. The molecule has 3 aromatic carbocycles. The number of rotatable bonds is 8. The van der Waals surface area contributed by atoms with E-state index < -0.39 is 0 Å². The van der Waals surface area contributed by atoms with E-state index >= 15 is 0 Å². The van der Waals surface area contributed by atoms with Crippen LogP contribution in [0.15, 0.2) is 77.6 Å². The summed E-state index contributed by atoms with van der Waals surface area (Å²) < 4.78 is 18.2. The zero-order chi connectivity index (χ0) is 24.9. The van der Waals surface area contributed by atoms with Crippen LogP contribution in [0.1, 0.15) is 11.1 Å². The summed E-state index contributed by atoms with van der Waals surface area (Å²) in [5.74, 6) is 1.69. The van der Waals surface area contributed by atoms with Crippen LogP contribution in [0, 0.1) is 0 Å². The Hall–Kier alpha value is -4.46. The first-order valence-corrected chi connectivity index (χ1v) is 11.8. The number of hydrogen-bond donors (Lipinski definition) is 2. The van der Waals surface area contributed by atoms with Gasteiger partial charge in [-0.25, -0.2) is 0 Å². The first-order valence-electron chi connectivity index (χ1n) is 11.8. The molecule has 0 saturated heterocycles. The molecule has 0 bridgehead atoms. The van der Waals surface area contributed by atoms with E-state index in [4.69, 9.17) is 14.2 Å². The van der Waals surface area contributed by atoms with Crippen LogP contribution in [0.2, 0.25) is 0 Å². The molecule has 2 N–H and O–H groups in total. The summed E-state index contributed by atoms with van der Waals surface area (Å²) in [7, 11) is 1.61. The predicted molar refractivity (Wildman–Crippen MR) is 138 cm³/mol. The third kappa shape index (κ3) is 5.12. The van der Waals surface area contributed by atoms with Crippen LogP contribution < -0.4 is 30.4 Å². The van der Waals surface area contributed by atoms with Gasteiger partial charge in [-0.1, -0.05) is 30.3 Å². The Labute approximate surface area is 208 Å². The largest absolute Gasteiger partial charge is 0.497 e. The molecule has 0 saturated carbocycles. The third-order valence-corrected chi connectivity index (χ3v) is 6.04. The lowest BCUT2D eigenvalue weighted by Crippen LogP contribution is -2.34. The summed E-state index contributed by atoms with van der Waals surface area (Å²) in [4.78, 5) is 26.4. The van der Waals surface area contributed by atoms with Crippen molar-refractivity contribution in [3.05, 3.63) is 94.3 Å². The SMILES string of the molecule is COc1ccc(NCc2cc3cc4c(cc3n(CC(=O)NCc3ccccc3)c2=O)OCCO4)cc1. The molecule has 1 aliphatic rings. The van der Waals surface area contributed by atoms with Gasteiger partial charge in [0.25, 0.3) is 5.56 Å². The molecule has 0 spiro atoms. The molecule has 4 aromatic rings. The number of hydrogen-bond acceptors (Lipinski definition) is 6. The second-order valence-corrected chi connectivity index (χ2v) is 8.46. The van der Waals surface area contributed by atoms with Crippen molar-refractivity contribution in [2.24, 2.45) is 0 Å². The zero-order valence-corrected chi connectivity index (χ0v) is 20.0. The van der Waals surface area contributed by atoms with Crippen molar-refractivity contribution in [3.63, 3.8) is 0 Å². The van der Waals surface area contributed by atoms with Gasteiger partial charge in [-0.2, -0.15) is 0 Å². The highest BCUT2D eigenvalue weighted by molar-refractivity contribution is 5.86. The minimum Gasteiger partial charge on any atom is -0.497 e. The lowest BCUT2D eigenvalue weighted by atomic mass is 10.1. The summed E-state index contributed by atoms with van der Waals surface area (Å²) in [6.45, 7) is 1.47. The van der Waals surface area contributed by atoms with Crippen LogP contribution in [0.25, 0.3) is 10.9 Å². The molecule has 1 aliphatic heterocycles. The normalized spacial score (nSPS) is 12.2. The van der Waals surface area contributed by atoms with E-state index in [-0.39, 0.29) is 18.0 Å². The summed E-state index contributed by atoms with van der Waals surface area (Å²) >= 11 is 0. The highest BCUT2D eigenvalue weighted by Gasteiger charge is 2.18. The fourth-order valence-corrected chi connectivity index (χ4v) is 4.16. The maximum Gasteiger partial charge on any atom is 0.256 e. The number of carbonyl (C=O) groups is 1. The van der Waals surface area contributed by atoms with E-state index in [0.29, 0.717) is 48.9 Å². The standard InChI is InChI=1S/C28H27N3O5/c1-34-23-9-7-22(8-10-23)29-17-21-13-20-14-25-26(36-12-11-35-25)15-24(20)31(28(21)33)18-27(32)30-16-19-5-3-2-4-6-19/h2-10,13-15,29H,11-12,16-18H2,1H3,(H,30,32). The van der Waals surface area contributed by atoms with E-state index in [1.807, 2.05) is 66.7 Å². The minimum absolute atomic E-state index is 0.113. The molecule has 0 radical (unpaired) electrons. The van der Waals surface area contributed by atoms with E-state index in [1.165, 1.54) is 4.57 Å². The number of anilines is 1. The molecular formula is C28H27N3O5. The highest BCUT2D eigenvalue weighted by atomic mass is 16.6. The summed E-state index contributed by atoms with van der Waals surface area (Å²) in [6.07, 6.45) is 0. The molecule has 1 amide bonds. The maximum absolute atomic E-state index is 13.5. The molecule has 184 valence electrons. The van der Waals surface area contributed by atoms with E-state index in [1.54, 1.807) is 13.2 Å². The van der Waals surface area contributed by atoms with E-state index in [2.05, 4.69) is 10.6 Å². The quantitative estimate of drug-likeness (QED) is 0.396. The van der Waals surface area contributed by atoms with Crippen molar-refractivity contribution in [1.82, 2.24) is 9.88 Å². The lowest BCUT2D eigenvalue weighted by Gasteiger charge is -2.21. The Morgan fingerprint density at radius 1 is 0.944 bits per heavy atom. The number of fused-ring (bicyclic) bond motifs is 2. The number of benzene rings is 3. The van der Waals surface area contributed by atoms with Crippen LogP contribution in [-0.4, -0.2) is 30.8 Å². The molecule has 5 rings (SSSR count). The van der Waals surface area contributed by atoms with Gasteiger partial charge in [-0.15, -0.1) is 0 Å². The Balaban J connectivity index is 1.45. The number of methoxy groups -OCH3 is 1. The fourth-order valence-electron chi connectivity index (χ4n) is 4.16. The Morgan fingerprint density at radius 3 is 2.39 bits per heavy atom. The molecule has 0 fully saturated rings. The highest BCUT2D eigenvalue weighted by Crippen LogP contribution is 2.34. The number of amides is 1. The average Bonchev–Trinajstić information content (AvgIpc) is 2.92. The van der Waals surface area contributed by atoms with Gasteiger partial charge in [0, 0.05) is 35.8 Å². The predicted octanol–water partition coefficient (Wildman–Crippen LogP) is 3.71. The smallest absolute Gasteiger partial charge is 0.256 e. The zero-order valence-electron chi connectivity index (χ0n) is 20.0. The van der Waals surface area contributed by atoms with E-state index in [0.717, 1.165) is 22.4 Å². The van der Waals surface area contributed by atoms with Crippen molar-refractivity contribution in [1.29, 1.82) is 0 Å². The number of ether oxygens (including phenoxy) is 3. The number of carbonyl (C=O) groups excluding carboxylic acids is 1.